The average molecular weight is 758 g/mol. The number of rotatable bonds is 37. The van der Waals surface area contributed by atoms with Gasteiger partial charge in [0.1, 0.15) is 12.6 Å². The van der Waals surface area contributed by atoms with Gasteiger partial charge in [-0.05, 0) is 57.8 Å². The summed E-state index contributed by atoms with van der Waals surface area (Å²) in [4.78, 5) is 36.6. The zero-order valence-electron chi connectivity index (χ0n) is 35.1. The van der Waals surface area contributed by atoms with Crippen molar-refractivity contribution >= 4 is 17.9 Å². The molecule has 0 aromatic carbocycles. The van der Waals surface area contributed by atoms with Crippen LogP contribution in [0, 0.1) is 0 Å². The molecule has 0 amide bonds. The molecule has 2 atom stereocenters. The summed E-state index contributed by atoms with van der Waals surface area (Å²) in [7, 11) is 5.39. The molecule has 310 valence electrons. The third-order valence-electron chi connectivity index (χ3n) is 9.17. The molecule has 54 heavy (non-hydrogen) atoms. The Kier molecular flexibility index (Phi) is 34.9. The van der Waals surface area contributed by atoms with E-state index in [0.29, 0.717) is 12.8 Å². The molecular formula is C46H79NO7. The SMILES string of the molecule is CC/C=C/C/C=C/C/C=C/C/C=C/C/C=C/CCCCCCCCCC(=O)OC(COCCC(C(=O)[O-])[N+](C)(C)C)COC(=O)CCCCCCCCC. The Morgan fingerprint density at radius 3 is 1.54 bits per heavy atom. The number of ether oxygens (including phenoxy) is 3. The maximum absolute atomic E-state index is 12.7. The Morgan fingerprint density at radius 1 is 0.574 bits per heavy atom. The highest BCUT2D eigenvalue weighted by atomic mass is 16.6. The van der Waals surface area contributed by atoms with Gasteiger partial charge >= 0.3 is 11.9 Å². The quantitative estimate of drug-likeness (QED) is 0.0269. The number of allylic oxidation sites excluding steroid dienone is 10. The molecule has 0 heterocycles. The number of hydrogen-bond donors (Lipinski definition) is 0. The van der Waals surface area contributed by atoms with Crippen LogP contribution in [0.5, 0.6) is 0 Å². The highest BCUT2D eigenvalue weighted by Crippen LogP contribution is 2.13. The number of carbonyl (C=O) groups excluding carboxylic acids is 3. The van der Waals surface area contributed by atoms with Crippen LogP contribution >= 0.6 is 0 Å². The number of nitrogens with zero attached hydrogens (tertiary/aromatic N) is 1. The van der Waals surface area contributed by atoms with Gasteiger partial charge in [-0.1, -0.05) is 145 Å². The van der Waals surface area contributed by atoms with Gasteiger partial charge in [0.25, 0.3) is 0 Å². The van der Waals surface area contributed by atoms with E-state index in [9.17, 15) is 19.5 Å². The Labute approximate surface area is 330 Å². The number of likely N-dealkylation sites (N-methyl/N-ethyl adjacent to an activating group) is 1. The maximum atomic E-state index is 12.7. The van der Waals surface area contributed by atoms with E-state index in [0.717, 1.165) is 83.5 Å². The third-order valence-corrected chi connectivity index (χ3v) is 9.17. The summed E-state index contributed by atoms with van der Waals surface area (Å²) in [5, 5.41) is 11.6. The van der Waals surface area contributed by atoms with E-state index < -0.39 is 18.1 Å². The number of carbonyl (C=O) groups is 3. The minimum absolute atomic E-state index is 0.0347. The zero-order valence-corrected chi connectivity index (χ0v) is 35.1. The van der Waals surface area contributed by atoms with Gasteiger partial charge in [-0.15, -0.1) is 0 Å². The van der Waals surface area contributed by atoms with Gasteiger partial charge in [0.2, 0.25) is 0 Å². The van der Waals surface area contributed by atoms with Crippen molar-refractivity contribution in [3.8, 4) is 0 Å². The molecule has 0 aliphatic rings. The first-order chi connectivity index (χ1) is 26.1. The average Bonchev–Trinajstić information content (AvgIpc) is 3.12. The number of carboxylic acid groups (broad SMARTS) is 1. The highest BCUT2D eigenvalue weighted by molar-refractivity contribution is 5.70. The number of carboxylic acids is 1. The van der Waals surface area contributed by atoms with Crippen LogP contribution in [0.2, 0.25) is 0 Å². The molecule has 2 unspecified atom stereocenters. The van der Waals surface area contributed by atoms with E-state index in [1.165, 1.54) is 44.9 Å². The molecule has 0 spiro atoms. The largest absolute Gasteiger partial charge is 0.544 e. The third kappa shape index (κ3) is 34.8. The first-order valence-corrected chi connectivity index (χ1v) is 21.3. The zero-order chi connectivity index (χ0) is 40.0. The van der Waals surface area contributed by atoms with Crippen molar-refractivity contribution in [1.29, 1.82) is 0 Å². The molecule has 0 radical (unpaired) electrons. The molecular weight excluding hydrogens is 679 g/mol. The van der Waals surface area contributed by atoms with Gasteiger partial charge in [-0.2, -0.15) is 0 Å². The minimum atomic E-state index is -1.13. The van der Waals surface area contributed by atoms with E-state index in [-0.39, 0.29) is 42.7 Å². The van der Waals surface area contributed by atoms with Crippen LogP contribution in [-0.2, 0) is 28.6 Å². The smallest absolute Gasteiger partial charge is 0.306 e. The van der Waals surface area contributed by atoms with Gasteiger partial charge in [0, 0.05) is 19.3 Å². The van der Waals surface area contributed by atoms with Gasteiger partial charge in [0.15, 0.2) is 6.10 Å². The lowest BCUT2D eigenvalue weighted by Crippen LogP contribution is -2.55. The number of esters is 2. The van der Waals surface area contributed by atoms with Crippen LogP contribution in [0.3, 0.4) is 0 Å². The van der Waals surface area contributed by atoms with Crippen LogP contribution in [0.25, 0.3) is 0 Å². The number of aliphatic carboxylic acids is 1. The van der Waals surface area contributed by atoms with Gasteiger partial charge in [-0.25, -0.2) is 0 Å². The molecule has 0 aliphatic carbocycles. The molecule has 0 N–H and O–H groups in total. The predicted octanol–water partition coefficient (Wildman–Crippen LogP) is 10.1. The Balaban J connectivity index is 4.25. The first-order valence-electron chi connectivity index (χ1n) is 21.3. The lowest BCUT2D eigenvalue weighted by Gasteiger charge is -2.34. The summed E-state index contributed by atoms with van der Waals surface area (Å²) in [6.45, 7) is 4.48. The highest BCUT2D eigenvalue weighted by Gasteiger charge is 2.25. The topological polar surface area (TPSA) is 102 Å². The second kappa shape index (κ2) is 37.0. The maximum Gasteiger partial charge on any atom is 0.306 e. The number of quaternary nitrogens is 1. The summed E-state index contributed by atoms with van der Waals surface area (Å²) >= 11 is 0. The van der Waals surface area contributed by atoms with Crippen molar-refractivity contribution in [2.24, 2.45) is 0 Å². The lowest BCUT2D eigenvalue weighted by atomic mass is 10.1. The second-order valence-electron chi connectivity index (χ2n) is 15.2. The monoisotopic (exact) mass is 758 g/mol. The molecule has 0 saturated carbocycles. The van der Waals surface area contributed by atoms with Crippen molar-refractivity contribution in [3.63, 3.8) is 0 Å². The molecule has 0 aromatic heterocycles. The summed E-state index contributed by atoms with van der Waals surface area (Å²) in [5.41, 5.74) is 0. The van der Waals surface area contributed by atoms with E-state index >= 15 is 0 Å². The standard InChI is InChI=1S/C46H79NO7/c1-6-8-10-12-14-15-16-17-18-19-20-21-22-23-24-25-26-27-28-29-31-33-35-37-45(49)54-42(40-52-39-38-43(46(50)51)47(3,4)5)41-53-44(48)36-34-32-30-13-11-9-7-2/h8,10,14-15,17-18,20-21,23-24,42-43H,6-7,9,11-13,16,19,22,25-41H2,1-5H3/b10-8+,15-14+,18-17+,21-20+,24-23+. The molecule has 0 bridgehead atoms. The van der Waals surface area contributed by atoms with E-state index in [2.05, 4.69) is 74.6 Å². The Bertz CT molecular complexity index is 1070. The molecule has 0 aromatic rings. The number of unbranched alkanes of at least 4 members (excludes halogenated alkanes) is 13. The summed E-state index contributed by atoms with van der Waals surface area (Å²) < 4.78 is 17.1. The Morgan fingerprint density at radius 2 is 1.04 bits per heavy atom. The molecule has 0 fully saturated rings. The second-order valence-corrected chi connectivity index (χ2v) is 15.2. The first kappa shape index (κ1) is 51.0. The van der Waals surface area contributed by atoms with Crippen molar-refractivity contribution in [2.45, 2.75) is 174 Å². The summed E-state index contributed by atoms with van der Waals surface area (Å²) in [5.74, 6) is -1.76. The van der Waals surface area contributed by atoms with Crippen molar-refractivity contribution < 1.29 is 38.2 Å². The van der Waals surface area contributed by atoms with Crippen LogP contribution in [0.4, 0.5) is 0 Å². The van der Waals surface area contributed by atoms with Crippen LogP contribution in [-0.4, -0.2) is 75.5 Å². The van der Waals surface area contributed by atoms with Gasteiger partial charge < -0.3 is 28.6 Å². The molecule has 0 saturated heterocycles. The van der Waals surface area contributed by atoms with Crippen molar-refractivity contribution in [1.82, 2.24) is 0 Å². The fourth-order valence-corrected chi connectivity index (χ4v) is 5.86. The van der Waals surface area contributed by atoms with Crippen molar-refractivity contribution in [2.75, 3.05) is 41.0 Å². The molecule has 8 heteroatoms. The fourth-order valence-electron chi connectivity index (χ4n) is 5.86. The van der Waals surface area contributed by atoms with Gasteiger partial charge in [0.05, 0.1) is 40.3 Å². The van der Waals surface area contributed by atoms with E-state index in [4.69, 9.17) is 14.2 Å². The Hall–Kier alpha value is -2.97. The lowest BCUT2D eigenvalue weighted by molar-refractivity contribution is -0.889. The van der Waals surface area contributed by atoms with Crippen LogP contribution < -0.4 is 5.11 Å². The van der Waals surface area contributed by atoms with Crippen LogP contribution in [0.15, 0.2) is 60.8 Å². The molecule has 8 nitrogen and oxygen atoms in total. The summed E-state index contributed by atoms with van der Waals surface area (Å²) in [6, 6.07) is -0.727. The fraction of sp³-hybridized carbons (Fsp3) is 0.717. The van der Waals surface area contributed by atoms with Crippen molar-refractivity contribution in [3.05, 3.63) is 60.8 Å². The van der Waals surface area contributed by atoms with Gasteiger partial charge in [-0.3, -0.25) is 9.59 Å². The normalized spacial score (nSPS) is 13.6. The van der Waals surface area contributed by atoms with E-state index in [1.807, 2.05) is 0 Å². The van der Waals surface area contributed by atoms with Crippen LogP contribution in [0.1, 0.15) is 162 Å². The minimum Gasteiger partial charge on any atom is -0.544 e. The molecule has 0 aliphatic heterocycles. The van der Waals surface area contributed by atoms with E-state index in [1.54, 1.807) is 21.1 Å². The molecule has 0 rings (SSSR count). The predicted molar refractivity (Wildman–Crippen MR) is 222 cm³/mol. The summed E-state index contributed by atoms with van der Waals surface area (Å²) in [6.07, 6.45) is 44.0. The number of hydrogen-bond acceptors (Lipinski definition) is 7.